The van der Waals surface area contributed by atoms with Crippen LogP contribution in [0.25, 0.3) is 11.4 Å². The maximum atomic E-state index is 14.1. The maximum Gasteiger partial charge on any atom is 0.240 e. The average Bonchev–Trinajstić information content (AvgIpc) is 3.32. The van der Waals surface area contributed by atoms with Crippen LogP contribution in [0.1, 0.15) is 5.82 Å². The minimum Gasteiger partial charge on any atom is -0.369 e. The van der Waals surface area contributed by atoms with E-state index >= 15 is 0 Å². The molecule has 0 spiro atoms. The van der Waals surface area contributed by atoms with Crippen LogP contribution in [0.2, 0.25) is 0 Å². The number of tetrazole rings is 1. The number of hydrogen-bond acceptors (Lipinski definition) is 10. The van der Waals surface area contributed by atoms with Crippen LogP contribution >= 0.6 is 0 Å². The van der Waals surface area contributed by atoms with Gasteiger partial charge in [-0.2, -0.15) is 5.21 Å². The van der Waals surface area contributed by atoms with Crippen molar-refractivity contribution < 1.29 is 12.8 Å². The molecule has 12 nitrogen and oxygen atoms in total. The van der Waals surface area contributed by atoms with Gasteiger partial charge < -0.3 is 10.6 Å². The van der Waals surface area contributed by atoms with Crippen molar-refractivity contribution in [3.63, 3.8) is 0 Å². The fraction of sp³-hybridized carbons (Fsp3) is 0.158. The quantitative estimate of drug-likeness (QED) is 0.264. The van der Waals surface area contributed by atoms with Gasteiger partial charge in [0.05, 0.1) is 10.5 Å². The number of rotatable bonds is 9. The molecule has 1 aromatic carbocycles. The number of sulfonamides is 1. The number of aromatic amines is 1. The van der Waals surface area contributed by atoms with Crippen molar-refractivity contribution in [2.75, 3.05) is 23.7 Å². The zero-order chi connectivity index (χ0) is 23.3. The minimum absolute atomic E-state index is 0.0412. The number of pyridine rings is 1. The molecule has 4 aromatic rings. The molecule has 0 aliphatic carbocycles. The summed E-state index contributed by atoms with van der Waals surface area (Å²) >= 11 is 0. The van der Waals surface area contributed by atoms with Crippen LogP contribution in [0, 0.1) is 12.7 Å². The molecule has 0 saturated heterocycles. The Hall–Kier alpha value is -4.04. The second-order valence-corrected chi connectivity index (χ2v) is 8.49. The van der Waals surface area contributed by atoms with Gasteiger partial charge >= 0.3 is 0 Å². The van der Waals surface area contributed by atoms with Crippen molar-refractivity contribution in [3.8, 4) is 11.4 Å². The van der Waals surface area contributed by atoms with Crippen molar-refractivity contribution in [3.05, 3.63) is 60.3 Å². The maximum absolute atomic E-state index is 14.1. The molecule has 0 saturated carbocycles. The Morgan fingerprint density at radius 1 is 1.03 bits per heavy atom. The largest absolute Gasteiger partial charge is 0.369 e. The van der Waals surface area contributed by atoms with Crippen molar-refractivity contribution >= 4 is 27.5 Å². The van der Waals surface area contributed by atoms with Gasteiger partial charge in [-0.1, -0.05) is 6.07 Å². The lowest BCUT2D eigenvalue weighted by molar-refractivity contribution is 0.582. The zero-order valence-corrected chi connectivity index (χ0v) is 18.1. The summed E-state index contributed by atoms with van der Waals surface area (Å²) in [5.41, 5.74) is -0.0749. The molecular weight excluding hydrogens is 451 g/mol. The Bertz CT molecular complexity index is 1330. The predicted molar refractivity (Wildman–Crippen MR) is 118 cm³/mol. The van der Waals surface area contributed by atoms with Gasteiger partial charge in [0, 0.05) is 25.4 Å². The number of aromatic nitrogens is 7. The van der Waals surface area contributed by atoms with E-state index in [1.54, 1.807) is 25.3 Å². The smallest absolute Gasteiger partial charge is 0.240 e. The molecule has 0 fully saturated rings. The average molecular weight is 470 g/mol. The highest BCUT2D eigenvalue weighted by Gasteiger charge is 2.18. The summed E-state index contributed by atoms with van der Waals surface area (Å²) in [4.78, 5) is 12.7. The number of hydrogen-bond donors (Lipinski definition) is 4. The summed E-state index contributed by atoms with van der Waals surface area (Å²) in [5.74, 6) is 1.52. The fourth-order valence-corrected chi connectivity index (χ4v) is 3.93. The van der Waals surface area contributed by atoms with E-state index in [4.69, 9.17) is 0 Å². The van der Waals surface area contributed by atoms with E-state index in [2.05, 4.69) is 50.9 Å². The molecule has 3 heterocycles. The van der Waals surface area contributed by atoms with Crippen LogP contribution in [0.4, 0.5) is 21.8 Å². The van der Waals surface area contributed by atoms with E-state index in [1.165, 1.54) is 0 Å². The number of halogens is 1. The van der Waals surface area contributed by atoms with E-state index in [1.807, 2.05) is 12.1 Å². The van der Waals surface area contributed by atoms with Crippen molar-refractivity contribution in [2.45, 2.75) is 11.8 Å². The van der Waals surface area contributed by atoms with E-state index in [0.29, 0.717) is 23.3 Å². The third-order valence-electron chi connectivity index (χ3n) is 4.32. The topological polar surface area (TPSA) is 163 Å². The van der Waals surface area contributed by atoms with E-state index < -0.39 is 15.8 Å². The molecule has 0 atom stereocenters. The Labute approximate surface area is 188 Å². The Morgan fingerprint density at radius 2 is 1.88 bits per heavy atom. The van der Waals surface area contributed by atoms with Crippen LogP contribution in [0.3, 0.4) is 0 Å². The SMILES string of the molecule is Cc1nc(NCCNS(=O)(=O)c2ccc(F)c(-c3nn[nH]n3)c2)cc(Nc2ccccn2)n1. The van der Waals surface area contributed by atoms with E-state index in [0.717, 1.165) is 18.2 Å². The third kappa shape index (κ3) is 5.61. The molecular formula is C19H19FN10O2S. The first-order valence-corrected chi connectivity index (χ1v) is 11.2. The zero-order valence-electron chi connectivity index (χ0n) is 17.3. The Kier molecular flexibility index (Phi) is 6.46. The molecule has 0 aliphatic rings. The van der Waals surface area contributed by atoms with Gasteiger partial charge in [0.15, 0.2) is 0 Å². The molecule has 0 radical (unpaired) electrons. The lowest BCUT2D eigenvalue weighted by atomic mass is 10.2. The molecule has 170 valence electrons. The Balaban J connectivity index is 1.37. The van der Waals surface area contributed by atoms with Gasteiger partial charge in [0.2, 0.25) is 15.8 Å². The molecule has 0 bridgehead atoms. The molecule has 3 aromatic heterocycles. The van der Waals surface area contributed by atoms with Gasteiger partial charge in [-0.25, -0.2) is 32.5 Å². The first-order chi connectivity index (χ1) is 15.9. The highest BCUT2D eigenvalue weighted by atomic mass is 32.2. The van der Waals surface area contributed by atoms with Gasteiger partial charge in [-0.3, -0.25) is 0 Å². The van der Waals surface area contributed by atoms with Crippen LogP contribution in [0.15, 0.2) is 53.6 Å². The summed E-state index contributed by atoms with van der Waals surface area (Å²) < 4.78 is 41.8. The predicted octanol–water partition coefficient (Wildman–Crippen LogP) is 1.63. The summed E-state index contributed by atoms with van der Waals surface area (Å²) in [6.07, 6.45) is 1.66. The van der Waals surface area contributed by atoms with Crippen LogP contribution < -0.4 is 15.4 Å². The number of H-pyrrole nitrogens is 1. The van der Waals surface area contributed by atoms with Crippen molar-refractivity contribution in [2.24, 2.45) is 0 Å². The molecule has 0 amide bonds. The van der Waals surface area contributed by atoms with Crippen molar-refractivity contribution in [1.82, 2.24) is 40.3 Å². The second kappa shape index (κ2) is 9.62. The Morgan fingerprint density at radius 3 is 2.64 bits per heavy atom. The van der Waals surface area contributed by atoms with Gasteiger partial charge in [0.1, 0.15) is 29.1 Å². The second-order valence-electron chi connectivity index (χ2n) is 6.73. The molecule has 0 unspecified atom stereocenters. The van der Waals surface area contributed by atoms with Crippen molar-refractivity contribution in [1.29, 1.82) is 0 Å². The molecule has 0 aliphatic heterocycles. The molecule has 4 N–H and O–H groups in total. The normalized spacial score (nSPS) is 11.3. The molecule has 4 rings (SSSR count). The fourth-order valence-electron chi connectivity index (χ4n) is 2.87. The number of nitrogens with zero attached hydrogens (tertiary/aromatic N) is 6. The van der Waals surface area contributed by atoms with E-state index in [-0.39, 0.29) is 29.4 Å². The third-order valence-corrected chi connectivity index (χ3v) is 5.78. The molecule has 14 heteroatoms. The summed E-state index contributed by atoms with van der Waals surface area (Å²) in [7, 11) is -3.90. The lowest BCUT2D eigenvalue weighted by Gasteiger charge is -2.11. The number of benzene rings is 1. The van der Waals surface area contributed by atoms with Gasteiger partial charge in [0.25, 0.3) is 0 Å². The summed E-state index contributed by atoms with van der Waals surface area (Å²) in [6.45, 7) is 2.05. The van der Waals surface area contributed by atoms with Crippen LogP contribution in [-0.2, 0) is 10.0 Å². The first kappa shape index (κ1) is 22.2. The molecule has 33 heavy (non-hydrogen) atoms. The number of aryl methyl sites for hydroxylation is 1. The summed E-state index contributed by atoms with van der Waals surface area (Å²) in [5, 5.41) is 19.1. The first-order valence-electron chi connectivity index (χ1n) is 9.71. The number of nitrogens with one attached hydrogen (secondary N) is 4. The minimum atomic E-state index is -3.90. The highest BCUT2D eigenvalue weighted by Crippen LogP contribution is 2.22. The van der Waals surface area contributed by atoms with Crippen LogP contribution in [0.5, 0.6) is 0 Å². The van der Waals surface area contributed by atoms with Gasteiger partial charge in [-0.15, -0.1) is 10.2 Å². The highest BCUT2D eigenvalue weighted by molar-refractivity contribution is 7.89. The number of anilines is 3. The standard InChI is InChI=1S/C19H19FN10O2S/c1-12-24-17(11-18(25-12)26-16-4-2-3-7-21-16)22-8-9-23-33(31,32)13-5-6-15(20)14(10-13)19-27-29-30-28-19/h2-7,10-11,23H,8-9H2,1H3,(H,27,28,29,30)(H2,21,22,24,25,26). The lowest BCUT2D eigenvalue weighted by Crippen LogP contribution is -2.29. The summed E-state index contributed by atoms with van der Waals surface area (Å²) in [6, 6.07) is 10.5. The monoisotopic (exact) mass is 470 g/mol. The van der Waals surface area contributed by atoms with Gasteiger partial charge in [-0.05, 0) is 42.5 Å². The van der Waals surface area contributed by atoms with E-state index in [9.17, 15) is 12.8 Å². The van der Waals surface area contributed by atoms with Crippen LogP contribution in [-0.4, -0.2) is 57.1 Å².